The fourth-order valence-electron chi connectivity index (χ4n) is 2.00. The highest BCUT2D eigenvalue weighted by Gasteiger charge is 2.24. The summed E-state index contributed by atoms with van der Waals surface area (Å²) in [4.78, 5) is 0. The number of aromatic hydroxyl groups is 1. The summed E-state index contributed by atoms with van der Waals surface area (Å²) in [7, 11) is 3.07. The first kappa shape index (κ1) is 11.1. The normalized spacial score (nSPS) is 19.1. The molecule has 0 fully saturated rings. The predicted molar refractivity (Wildman–Crippen MR) is 59.2 cm³/mol. The number of fused-ring (bicyclic) bond motifs is 1. The van der Waals surface area contributed by atoms with Gasteiger partial charge in [-0.05, 0) is 25.0 Å². The number of hydrogen-bond acceptors (Lipinski definition) is 4. The van der Waals surface area contributed by atoms with Crippen LogP contribution >= 0.6 is 0 Å². The van der Waals surface area contributed by atoms with Gasteiger partial charge in [0, 0.05) is 5.56 Å². The lowest BCUT2D eigenvalue weighted by Crippen LogP contribution is -2.19. The third-order valence-corrected chi connectivity index (χ3v) is 2.86. The van der Waals surface area contributed by atoms with Gasteiger partial charge in [-0.15, -0.1) is 0 Å². The van der Waals surface area contributed by atoms with E-state index in [0.717, 1.165) is 17.5 Å². The molecule has 1 aromatic carbocycles. The van der Waals surface area contributed by atoms with Crippen molar-refractivity contribution < 1.29 is 19.3 Å². The molecule has 1 atom stereocenters. The van der Waals surface area contributed by atoms with E-state index in [2.05, 4.69) is 0 Å². The lowest BCUT2D eigenvalue weighted by molar-refractivity contribution is 0.0392. The summed E-state index contributed by atoms with van der Waals surface area (Å²) in [5, 5.41) is 10.0. The number of rotatable bonds is 2. The molecule has 0 spiro atoms. The summed E-state index contributed by atoms with van der Waals surface area (Å²) in [6.07, 6.45) is 0.952. The minimum atomic E-state index is 0.128. The quantitative estimate of drug-likeness (QED) is 0.833. The monoisotopic (exact) mass is 224 g/mol. The summed E-state index contributed by atoms with van der Waals surface area (Å²) in [5.41, 5.74) is 1.87. The van der Waals surface area contributed by atoms with Gasteiger partial charge in [0.1, 0.15) is 0 Å². The van der Waals surface area contributed by atoms with Crippen molar-refractivity contribution in [2.45, 2.75) is 26.1 Å². The fourth-order valence-corrected chi connectivity index (χ4v) is 2.00. The van der Waals surface area contributed by atoms with Crippen LogP contribution in [0, 0.1) is 0 Å². The van der Waals surface area contributed by atoms with Crippen LogP contribution in [0.1, 0.15) is 18.1 Å². The molecular formula is C12H16O4. The molecule has 1 aromatic rings. The van der Waals surface area contributed by atoms with Crippen LogP contribution in [0.3, 0.4) is 0 Å². The van der Waals surface area contributed by atoms with Gasteiger partial charge in [0.15, 0.2) is 11.5 Å². The zero-order valence-electron chi connectivity index (χ0n) is 9.74. The van der Waals surface area contributed by atoms with Crippen molar-refractivity contribution >= 4 is 0 Å². The Morgan fingerprint density at radius 3 is 2.75 bits per heavy atom. The molecule has 0 aromatic heterocycles. The molecule has 4 nitrogen and oxygen atoms in total. The van der Waals surface area contributed by atoms with Crippen molar-refractivity contribution in [2.24, 2.45) is 0 Å². The van der Waals surface area contributed by atoms with Crippen LogP contribution in [0.15, 0.2) is 6.07 Å². The maximum atomic E-state index is 10.0. The third kappa shape index (κ3) is 1.69. The van der Waals surface area contributed by atoms with E-state index >= 15 is 0 Å². The second kappa shape index (κ2) is 4.22. The van der Waals surface area contributed by atoms with Crippen LogP contribution in [0.5, 0.6) is 17.2 Å². The second-order valence-corrected chi connectivity index (χ2v) is 3.92. The first-order chi connectivity index (χ1) is 7.67. The zero-order valence-corrected chi connectivity index (χ0v) is 9.74. The van der Waals surface area contributed by atoms with Crippen molar-refractivity contribution in [2.75, 3.05) is 14.2 Å². The topological polar surface area (TPSA) is 47.9 Å². The van der Waals surface area contributed by atoms with Crippen molar-refractivity contribution in [3.05, 3.63) is 17.2 Å². The van der Waals surface area contributed by atoms with Crippen LogP contribution in [-0.4, -0.2) is 25.4 Å². The van der Waals surface area contributed by atoms with E-state index in [9.17, 15) is 5.11 Å². The van der Waals surface area contributed by atoms with Crippen molar-refractivity contribution in [3.8, 4) is 17.2 Å². The highest BCUT2D eigenvalue weighted by molar-refractivity contribution is 5.58. The van der Waals surface area contributed by atoms with Gasteiger partial charge in [-0.2, -0.15) is 0 Å². The third-order valence-electron chi connectivity index (χ3n) is 2.86. The summed E-state index contributed by atoms with van der Waals surface area (Å²) >= 11 is 0. The van der Waals surface area contributed by atoms with E-state index in [1.165, 1.54) is 7.11 Å². The molecule has 0 saturated carbocycles. The van der Waals surface area contributed by atoms with Crippen molar-refractivity contribution in [3.63, 3.8) is 0 Å². The van der Waals surface area contributed by atoms with Crippen LogP contribution in [0.2, 0.25) is 0 Å². The zero-order chi connectivity index (χ0) is 11.7. The molecule has 0 saturated heterocycles. The standard InChI is InChI=1S/C12H16O4/c1-7-4-8-5-10(14-2)12(15-3)11(13)9(8)6-16-7/h5,7,13H,4,6H2,1-3H3. The van der Waals surface area contributed by atoms with Crippen molar-refractivity contribution in [1.29, 1.82) is 0 Å². The molecule has 16 heavy (non-hydrogen) atoms. The fraction of sp³-hybridized carbons (Fsp3) is 0.500. The van der Waals surface area contributed by atoms with E-state index in [0.29, 0.717) is 18.1 Å². The molecule has 2 rings (SSSR count). The van der Waals surface area contributed by atoms with Crippen LogP contribution in [0.25, 0.3) is 0 Å². The highest BCUT2D eigenvalue weighted by Crippen LogP contribution is 2.43. The number of ether oxygens (including phenoxy) is 3. The Morgan fingerprint density at radius 1 is 1.38 bits per heavy atom. The molecule has 0 bridgehead atoms. The van der Waals surface area contributed by atoms with Crippen LogP contribution in [-0.2, 0) is 17.8 Å². The maximum absolute atomic E-state index is 10.0. The first-order valence-corrected chi connectivity index (χ1v) is 5.24. The number of benzene rings is 1. The molecule has 1 heterocycles. The molecular weight excluding hydrogens is 208 g/mol. The molecule has 0 radical (unpaired) electrons. The number of hydrogen-bond donors (Lipinski definition) is 1. The van der Waals surface area contributed by atoms with E-state index in [-0.39, 0.29) is 11.9 Å². The van der Waals surface area contributed by atoms with E-state index in [1.54, 1.807) is 7.11 Å². The van der Waals surface area contributed by atoms with Gasteiger partial charge < -0.3 is 19.3 Å². The van der Waals surface area contributed by atoms with Gasteiger partial charge >= 0.3 is 0 Å². The summed E-state index contributed by atoms with van der Waals surface area (Å²) in [6.45, 7) is 2.43. The van der Waals surface area contributed by atoms with Gasteiger partial charge in [-0.3, -0.25) is 0 Å². The van der Waals surface area contributed by atoms with Gasteiger partial charge in [0.05, 0.1) is 26.9 Å². The molecule has 0 amide bonds. The molecule has 88 valence electrons. The Balaban J connectivity index is 2.53. The Morgan fingerprint density at radius 2 is 2.12 bits per heavy atom. The molecule has 1 unspecified atom stereocenters. The SMILES string of the molecule is COc1cc2c(c(O)c1OC)COC(C)C2. The highest BCUT2D eigenvalue weighted by atomic mass is 16.5. The summed E-state index contributed by atoms with van der Waals surface area (Å²) < 4.78 is 15.8. The van der Waals surface area contributed by atoms with Gasteiger partial charge in [0.25, 0.3) is 0 Å². The van der Waals surface area contributed by atoms with Gasteiger partial charge in [-0.25, -0.2) is 0 Å². The average molecular weight is 224 g/mol. The first-order valence-electron chi connectivity index (χ1n) is 5.24. The van der Waals surface area contributed by atoms with E-state index < -0.39 is 0 Å². The molecule has 1 aliphatic rings. The minimum absolute atomic E-state index is 0.128. The second-order valence-electron chi connectivity index (χ2n) is 3.92. The van der Waals surface area contributed by atoms with Crippen molar-refractivity contribution in [1.82, 2.24) is 0 Å². The van der Waals surface area contributed by atoms with Gasteiger partial charge in [-0.1, -0.05) is 0 Å². The smallest absolute Gasteiger partial charge is 0.203 e. The lowest BCUT2D eigenvalue weighted by Gasteiger charge is -2.24. The lowest BCUT2D eigenvalue weighted by atomic mass is 9.98. The average Bonchev–Trinajstić information content (AvgIpc) is 2.28. The van der Waals surface area contributed by atoms with E-state index in [4.69, 9.17) is 14.2 Å². The summed E-state index contributed by atoms with van der Waals surface area (Å²) in [6, 6.07) is 1.91. The Bertz CT molecular complexity index is 400. The maximum Gasteiger partial charge on any atom is 0.203 e. The number of phenols is 1. The predicted octanol–water partition coefficient (Wildman–Crippen LogP) is 1.87. The molecule has 0 aliphatic carbocycles. The number of phenolic OH excluding ortho intramolecular Hbond substituents is 1. The Kier molecular flexibility index (Phi) is 2.92. The van der Waals surface area contributed by atoms with Crippen LogP contribution < -0.4 is 9.47 Å². The minimum Gasteiger partial charge on any atom is -0.504 e. The summed E-state index contributed by atoms with van der Waals surface area (Å²) in [5.74, 6) is 1.07. The van der Waals surface area contributed by atoms with Crippen LogP contribution in [0.4, 0.5) is 0 Å². The van der Waals surface area contributed by atoms with E-state index in [1.807, 2.05) is 13.0 Å². The molecule has 1 aliphatic heterocycles. The number of methoxy groups -OCH3 is 2. The van der Waals surface area contributed by atoms with Gasteiger partial charge in [0.2, 0.25) is 5.75 Å². The molecule has 1 N–H and O–H groups in total. The molecule has 4 heteroatoms. The Labute approximate surface area is 94.8 Å². The Hall–Kier alpha value is -1.42. The largest absolute Gasteiger partial charge is 0.504 e.